The number of anilines is 1. The molecule has 0 aliphatic carbocycles. The fourth-order valence-corrected chi connectivity index (χ4v) is 3.32. The minimum atomic E-state index is 0.814. The van der Waals surface area contributed by atoms with Crippen LogP contribution < -0.4 is 10.2 Å². The summed E-state index contributed by atoms with van der Waals surface area (Å²) in [4.78, 5) is 5.06. The number of benzene rings is 1. The molecular formula is C16H24ClN3. The quantitative estimate of drug-likeness (QED) is 0.919. The summed E-state index contributed by atoms with van der Waals surface area (Å²) < 4.78 is 0. The van der Waals surface area contributed by atoms with Gasteiger partial charge in [0.25, 0.3) is 0 Å². The van der Waals surface area contributed by atoms with Gasteiger partial charge in [0.05, 0.1) is 0 Å². The van der Waals surface area contributed by atoms with Crippen molar-refractivity contribution in [3.05, 3.63) is 29.3 Å². The van der Waals surface area contributed by atoms with Crippen molar-refractivity contribution in [1.29, 1.82) is 0 Å². The lowest BCUT2D eigenvalue weighted by Gasteiger charge is -2.40. The van der Waals surface area contributed by atoms with Gasteiger partial charge in [-0.1, -0.05) is 24.6 Å². The standard InChI is InChI=1S/C16H24ClN3/c1-13(14-10-18-11-14)12-19-5-7-20(8-6-19)16-4-2-3-15(17)9-16/h2-4,9,13-14,18H,5-8,10-12H2,1H3. The van der Waals surface area contributed by atoms with Gasteiger partial charge in [-0.3, -0.25) is 4.90 Å². The third kappa shape index (κ3) is 3.27. The Hall–Kier alpha value is -0.770. The van der Waals surface area contributed by atoms with Gasteiger partial charge in [-0.25, -0.2) is 0 Å². The molecule has 2 heterocycles. The van der Waals surface area contributed by atoms with Crippen LogP contribution in [0.2, 0.25) is 5.02 Å². The Balaban J connectivity index is 1.49. The molecule has 0 saturated carbocycles. The molecule has 3 nitrogen and oxygen atoms in total. The molecule has 1 atom stereocenters. The third-order valence-corrected chi connectivity index (χ3v) is 4.94. The van der Waals surface area contributed by atoms with Gasteiger partial charge in [0.2, 0.25) is 0 Å². The van der Waals surface area contributed by atoms with Crippen molar-refractivity contribution in [1.82, 2.24) is 10.2 Å². The Kier molecular flexibility index (Phi) is 4.49. The smallest absolute Gasteiger partial charge is 0.0426 e. The van der Waals surface area contributed by atoms with Gasteiger partial charge in [0.1, 0.15) is 0 Å². The molecule has 1 aromatic rings. The summed E-state index contributed by atoms with van der Waals surface area (Å²) in [6, 6.07) is 8.20. The predicted octanol–water partition coefficient (Wildman–Crippen LogP) is 2.32. The second-order valence-corrected chi connectivity index (χ2v) is 6.60. The molecular weight excluding hydrogens is 270 g/mol. The van der Waals surface area contributed by atoms with Crippen LogP contribution in [0.5, 0.6) is 0 Å². The van der Waals surface area contributed by atoms with E-state index in [9.17, 15) is 0 Å². The molecule has 20 heavy (non-hydrogen) atoms. The number of hydrogen-bond donors (Lipinski definition) is 1. The van der Waals surface area contributed by atoms with Crippen LogP contribution in [0.25, 0.3) is 0 Å². The molecule has 0 radical (unpaired) electrons. The van der Waals surface area contributed by atoms with E-state index in [2.05, 4.69) is 34.2 Å². The maximum absolute atomic E-state index is 6.08. The first-order valence-corrected chi connectivity index (χ1v) is 8.04. The average Bonchev–Trinajstić information content (AvgIpc) is 2.37. The summed E-state index contributed by atoms with van der Waals surface area (Å²) in [5.41, 5.74) is 1.26. The van der Waals surface area contributed by atoms with E-state index in [4.69, 9.17) is 11.6 Å². The number of hydrogen-bond acceptors (Lipinski definition) is 3. The van der Waals surface area contributed by atoms with Crippen molar-refractivity contribution in [2.45, 2.75) is 6.92 Å². The lowest BCUT2D eigenvalue weighted by molar-refractivity contribution is 0.160. The van der Waals surface area contributed by atoms with E-state index in [-0.39, 0.29) is 0 Å². The van der Waals surface area contributed by atoms with E-state index in [0.29, 0.717) is 0 Å². The van der Waals surface area contributed by atoms with E-state index >= 15 is 0 Å². The number of piperazine rings is 1. The Morgan fingerprint density at radius 3 is 2.60 bits per heavy atom. The van der Waals surface area contributed by atoms with Crippen molar-refractivity contribution in [3.8, 4) is 0 Å². The molecule has 0 spiro atoms. The van der Waals surface area contributed by atoms with Crippen molar-refractivity contribution in [3.63, 3.8) is 0 Å². The zero-order chi connectivity index (χ0) is 13.9. The highest BCUT2D eigenvalue weighted by Gasteiger charge is 2.26. The van der Waals surface area contributed by atoms with Gasteiger partial charge >= 0.3 is 0 Å². The lowest BCUT2D eigenvalue weighted by atomic mass is 9.88. The molecule has 2 aliphatic rings. The minimum Gasteiger partial charge on any atom is -0.369 e. The molecule has 2 aliphatic heterocycles. The number of halogens is 1. The first-order chi connectivity index (χ1) is 9.72. The molecule has 2 saturated heterocycles. The van der Waals surface area contributed by atoms with E-state index in [1.54, 1.807) is 0 Å². The summed E-state index contributed by atoms with van der Waals surface area (Å²) in [7, 11) is 0. The molecule has 3 rings (SSSR count). The highest BCUT2D eigenvalue weighted by atomic mass is 35.5. The highest BCUT2D eigenvalue weighted by Crippen LogP contribution is 2.22. The maximum atomic E-state index is 6.08. The molecule has 2 fully saturated rings. The molecule has 0 amide bonds. The van der Waals surface area contributed by atoms with Crippen LogP contribution in [0.3, 0.4) is 0 Å². The number of nitrogens with zero attached hydrogens (tertiary/aromatic N) is 2. The zero-order valence-corrected chi connectivity index (χ0v) is 12.9. The Bertz CT molecular complexity index is 439. The monoisotopic (exact) mass is 293 g/mol. The van der Waals surface area contributed by atoms with E-state index in [0.717, 1.165) is 43.0 Å². The highest BCUT2D eigenvalue weighted by molar-refractivity contribution is 6.30. The largest absolute Gasteiger partial charge is 0.369 e. The fourth-order valence-electron chi connectivity index (χ4n) is 3.13. The topological polar surface area (TPSA) is 18.5 Å². The predicted molar refractivity (Wildman–Crippen MR) is 85.6 cm³/mol. The van der Waals surface area contributed by atoms with Crippen LogP contribution in [0, 0.1) is 11.8 Å². The van der Waals surface area contributed by atoms with Crippen LogP contribution in [0.4, 0.5) is 5.69 Å². The van der Waals surface area contributed by atoms with E-state index in [1.807, 2.05) is 12.1 Å². The zero-order valence-electron chi connectivity index (χ0n) is 12.2. The van der Waals surface area contributed by atoms with Gasteiger partial charge in [-0.05, 0) is 43.1 Å². The van der Waals surface area contributed by atoms with Crippen molar-refractivity contribution in [2.24, 2.45) is 11.8 Å². The summed E-state index contributed by atoms with van der Waals surface area (Å²) in [5.74, 6) is 1.70. The van der Waals surface area contributed by atoms with E-state index in [1.165, 1.54) is 25.3 Å². The molecule has 0 bridgehead atoms. The normalized spacial score (nSPS) is 22.6. The molecule has 4 heteroatoms. The molecule has 1 aromatic carbocycles. The van der Waals surface area contributed by atoms with Gasteiger partial charge in [0.15, 0.2) is 0 Å². The number of rotatable bonds is 4. The van der Waals surface area contributed by atoms with Gasteiger partial charge in [-0.2, -0.15) is 0 Å². The summed E-state index contributed by atoms with van der Waals surface area (Å²) >= 11 is 6.08. The first-order valence-electron chi connectivity index (χ1n) is 7.66. The van der Waals surface area contributed by atoms with Crippen LogP contribution in [-0.4, -0.2) is 50.7 Å². The molecule has 1 N–H and O–H groups in total. The van der Waals surface area contributed by atoms with Gasteiger partial charge in [0, 0.05) is 43.4 Å². The number of nitrogens with one attached hydrogen (secondary N) is 1. The van der Waals surface area contributed by atoms with Crippen LogP contribution in [-0.2, 0) is 0 Å². The Morgan fingerprint density at radius 2 is 2.00 bits per heavy atom. The van der Waals surface area contributed by atoms with Crippen molar-refractivity contribution >= 4 is 17.3 Å². The third-order valence-electron chi connectivity index (χ3n) is 4.71. The first kappa shape index (κ1) is 14.2. The van der Waals surface area contributed by atoms with Crippen LogP contribution >= 0.6 is 11.6 Å². The molecule has 1 unspecified atom stereocenters. The summed E-state index contributed by atoms with van der Waals surface area (Å²) in [6.45, 7) is 10.6. The maximum Gasteiger partial charge on any atom is 0.0426 e. The average molecular weight is 294 g/mol. The van der Waals surface area contributed by atoms with Gasteiger partial charge < -0.3 is 10.2 Å². The van der Waals surface area contributed by atoms with Crippen molar-refractivity contribution < 1.29 is 0 Å². The fraction of sp³-hybridized carbons (Fsp3) is 0.625. The Morgan fingerprint density at radius 1 is 1.25 bits per heavy atom. The summed E-state index contributed by atoms with van der Waals surface area (Å²) in [6.07, 6.45) is 0. The van der Waals surface area contributed by atoms with Crippen LogP contribution in [0.1, 0.15) is 6.92 Å². The molecule has 110 valence electrons. The molecule has 0 aromatic heterocycles. The Labute approximate surface area is 126 Å². The second kappa shape index (κ2) is 6.33. The van der Waals surface area contributed by atoms with Crippen LogP contribution in [0.15, 0.2) is 24.3 Å². The van der Waals surface area contributed by atoms with Gasteiger partial charge in [-0.15, -0.1) is 0 Å². The van der Waals surface area contributed by atoms with Crippen molar-refractivity contribution in [2.75, 3.05) is 50.7 Å². The van der Waals surface area contributed by atoms with E-state index < -0.39 is 0 Å². The minimum absolute atomic E-state index is 0.814. The second-order valence-electron chi connectivity index (χ2n) is 6.16. The SMILES string of the molecule is CC(CN1CCN(c2cccc(Cl)c2)CC1)C1CNC1. The summed E-state index contributed by atoms with van der Waals surface area (Å²) in [5, 5.41) is 4.20. The lowest BCUT2D eigenvalue weighted by Crippen LogP contribution is -2.52.